The Bertz CT molecular complexity index is 531. The Balaban J connectivity index is 3.30. The van der Waals surface area contributed by atoms with Gasteiger partial charge in [-0.3, -0.25) is 14.2 Å². The largest absolute Gasteiger partial charge is 0.464 e. The van der Waals surface area contributed by atoms with Gasteiger partial charge in [0.25, 0.3) is 0 Å². The molecule has 0 amide bonds. The summed E-state index contributed by atoms with van der Waals surface area (Å²) in [6.07, 6.45) is 0. The monoisotopic (exact) mass is 316 g/mol. The summed E-state index contributed by atoms with van der Waals surface area (Å²) in [7, 11) is -4.80. The summed E-state index contributed by atoms with van der Waals surface area (Å²) in [6.45, 7) is 1.07. The standard InChI is InChI=1S/C13H17O7P/c1-10(14)19-8-13(21(16,17)18,9-20-11(2)15)12-6-4-3-5-7-12/h3-7H,8-9H2,1-2H3,(H2,16,17,18). The molecule has 116 valence electrons. The molecule has 0 saturated heterocycles. The fourth-order valence-electron chi connectivity index (χ4n) is 1.74. The summed E-state index contributed by atoms with van der Waals surface area (Å²) in [4.78, 5) is 41.5. The molecule has 0 heterocycles. The summed E-state index contributed by atoms with van der Waals surface area (Å²) in [6, 6.07) is 7.80. The van der Waals surface area contributed by atoms with Crippen molar-refractivity contribution in [1.82, 2.24) is 0 Å². The number of hydrogen-bond acceptors (Lipinski definition) is 5. The minimum atomic E-state index is -4.80. The molecule has 0 aliphatic rings. The zero-order valence-corrected chi connectivity index (χ0v) is 12.6. The van der Waals surface area contributed by atoms with E-state index in [4.69, 9.17) is 9.47 Å². The molecule has 0 radical (unpaired) electrons. The van der Waals surface area contributed by atoms with Crippen LogP contribution in [-0.4, -0.2) is 34.9 Å². The highest BCUT2D eigenvalue weighted by molar-refractivity contribution is 7.53. The van der Waals surface area contributed by atoms with Gasteiger partial charge in [0.15, 0.2) is 5.16 Å². The smallest absolute Gasteiger partial charge is 0.342 e. The Morgan fingerprint density at radius 3 is 1.81 bits per heavy atom. The maximum Gasteiger partial charge on any atom is 0.342 e. The number of ether oxygens (including phenoxy) is 2. The first-order valence-electron chi connectivity index (χ1n) is 6.07. The highest BCUT2D eigenvalue weighted by Crippen LogP contribution is 2.57. The quantitative estimate of drug-likeness (QED) is 0.599. The van der Waals surface area contributed by atoms with Crippen LogP contribution in [0.3, 0.4) is 0 Å². The second-order valence-corrected chi connectivity index (χ2v) is 6.45. The predicted octanol–water partition coefficient (Wildman–Crippen LogP) is 1.19. The van der Waals surface area contributed by atoms with Crippen LogP contribution in [0.25, 0.3) is 0 Å². The first-order valence-corrected chi connectivity index (χ1v) is 7.68. The molecule has 7 nitrogen and oxygen atoms in total. The second-order valence-electron chi connectivity index (χ2n) is 4.50. The average Bonchev–Trinajstić information content (AvgIpc) is 2.38. The molecule has 0 unspecified atom stereocenters. The van der Waals surface area contributed by atoms with E-state index in [0.29, 0.717) is 0 Å². The van der Waals surface area contributed by atoms with Gasteiger partial charge in [0.1, 0.15) is 13.2 Å². The van der Waals surface area contributed by atoms with Crippen molar-refractivity contribution in [2.75, 3.05) is 13.2 Å². The number of carbonyl (C=O) groups excluding carboxylic acids is 2. The van der Waals surface area contributed by atoms with Crippen molar-refractivity contribution in [1.29, 1.82) is 0 Å². The lowest BCUT2D eigenvalue weighted by Crippen LogP contribution is -2.38. The van der Waals surface area contributed by atoms with Gasteiger partial charge in [-0.2, -0.15) is 0 Å². The van der Waals surface area contributed by atoms with Gasteiger partial charge >= 0.3 is 19.5 Å². The van der Waals surface area contributed by atoms with Crippen LogP contribution in [0.1, 0.15) is 19.4 Å². The Labute approximate surface area is 122 Å². The van der Waals surface area contributed by atoms with Crippen LogP contribution < -0.4 is 0 Å². The SMILES string of the molecule is CC(=O)OCC(COC(C)=O)(c1ccccc1)P(=O)(O)O. The minimum Gasteiger partial charge on any atom is -0.464 e. The predicted molar refractivity (Wildman–Crippen MR) is 73.4 cm³/mol. The van der Waals surface area contributed by atoms with Crippen LogP contribution in [-0.2, 0) is 28.8 Å². The van der Waals surface area contributed by atoms with Crippen LogP contribution in [0.5, 0.6) is 0 Å². The molecule has 0 fully saturated rings. The molecule has 1 aromatic rings. The Hall–Kier alpha value is -1.69. The lowest BCUT2D eigenvalue weighted by atomic mass is 10.00. The van der Waals surface area contributed by atoms with Crippen molar-refractivity contribution in [3.05, 3.63) is 35.9 Å². The molecule has 1 aromatic carbocycles. The molecule has 0 aliphatic carbocycles. The summed E-state index contributed by atoms with van der Waals surface area (Å²) in [5, 5.41) is -1.92. The van der Waals surface area contributed by atoms with Gasteiger partial charge < -0.3 is 19.3 Å². The number of carbonyl (C=O) groups is 2. The number of hydrogen-bond donors (Lipinski definition) is 2. The molecule has 0 aliphatic heterocycles. The Morgan fingerprint density at radius 1 is 1.05 bits per heavy atom. The molecule has 2 N–H and O–H groups in total. The van der Waals surface area contributed by atoms with Crippen molar-refractivity contribution < 1.29 is 33.4 Å². The molecule has 0 atom stereocenters. The van der Waals surface area contributed by atoms with Crippen molar-refractivity contribution in [2.24, 2.45) is 0 Å². The highest BCUT2D eigenvalue weighted by atomic mass is 31.2. The third kappa shape index (κ3) is 4.39. The van der Waals surface area contributed by atoms with Crippen LogP contribution in [0.4, 0.5) is 0 Å². The van der Waals surface area contributed by atoms with E-state index in [2.05, 4.69) is 0 Å². The first kappa shape index (κ1) is 17.4. The maximum atomic E-state index is 12.0. The first-order chi connectivity index (χ1) is 9.69. The van der Waals surface area contributed by atoms with Crippen LogP contribution in [0, 0.1) is 0 Å². The zero-order valence-electron chi connectivity index (χ0n) is 11.7. The Morgan fingerprint density at radius 2 is 1.48 bits per heavy atom. The van der Waals surface area contributed by atoms with E-state index >= 15 is 0 Å². The molecule has 1 rings (SSSR count). The summed E-state index contributed by atoms with van der Waals surface area (Å²) >= 11 is 0. The molecular weight excluding hydrogens is 299 g/mol. The van der Waals surface area contributed by atoms with E-state index in [9.17, 15) is 23.9 Å². The molecule has 21 heavy (non-hydrogen) atoms. The second kappa shape index (κ2) is 6.85. The molecule has 0 saturated carbocycles. The summed E-state index contributed by atoms with van der Waals surface area (Å²) in [5.74, 6) is -1.38. The number of rotatable bonds is 6. The average molecular weight is 316 g/mol. The lowest BCUT2D eigenvalue weighted by Gasteiger charge is -2.33. The number of benzene rings is 1. The van der Waals surface area contributed by atoms with Gasteiger partial charge in [0.2, 0.25) is 0 Å². The van der Waals surface area contributed by atoms with Crippen molar-refractivity contribution >= 4 is 19.5 Å². The van der Waals surface area contributed by atoms with Gasteiger partial charge in [-0.05, 0) is 5.56 Å². The summed E-state index contributed by atoms with van der Waals surface area (Å²) < 4.78 is 21.6. The van der Waals surface area contributed by atoms with Crippen molar-refractivity contribution in [3.8, 4) is 0 Å². The maximum absolute atomic E-state index is 12.0. The normalized spacial score (nSPS) is 11.8. The summed E-state index contributed by atoms with van der Waals surface area (Å²) in [5.41, 5.74) is 0.223. The van der Waals surface area contributed by atoms with E-state index in [1.807, 2.05) is 0 Å². The van der Waals surface area contributed by atoms with Crippen LogP contribution in [0.15, 0.2) is 30.3 Å². The van der Waals surface area contributed by atoms with Gasteiger partial charge in [-0.1, -0.05) is 30.3 Å². The Kier molecular flexibility index (Phi) is 5.66. The highest BCUT2D eigenvalue weighted by Gasteiger charge is 2.51. The van der Waals surface area contributed by atoms with Crippen molar-refractivity contribution in [2.45, 2.75) is 19.0 Å². The minimum absolute atomic E-state index is 0.223. The van der Waals surface area contributed by atoms with Crippen molar-refractivity contribution in [3.63, 3.8) is 0 Å². The third-order valence-electron chi connectivity index (χ3n) is 2.90. The van der Waals surface area contributed by atoms with Crippen LogP contribution >= 0.6 is 7.60 Å². The van der Waals surface area contributed by atoms with Gasteiger partial charge in [-0.15, -0.1) is 0 Å². The van der Waals surface area contributed by atoms with Gasteiger partial charge in [0, 0.05) is 13.8 Å². The molecule has 0 bridgehead atoms. The third-order valence-corrected chi connectivity index (χ3v) is 4.53. The van der Waals surface area contributed by atoms with Gasteiger partial charge in [0.05, 0.1) is 0 Å². The van der Waals surface area contributed by atoms with E-state index < -0.39 is 37.9 Å². The molecule has 0 aromatic heterocycles. The van der Waals surface area contributed by atoms with E-state index in [1.54, 1.807) is 18.2 Å². The van der Waals surface area contributed by atoms with E-state index in [1.165, 1.54) is 12.1 Å². The topological polar surface area (TPSA) is 110 Å². The van der Waals surface area contributed by atoms with E-state index in [0.717, 1.165) is 13.8 Å². The van der Waals surface area contributed by atoms with Crippen LogP contribution in [0.2, 0.25) is 0 Å². The van der Waals surface area contributed by atoms with Gasteiger partial charge in [-0.25, -0.2) is 0 Å². The molecule has 0 spiro atoms. The van der Waals surface area contributed by atoms with E-state index in [-0.39, 0.29) is 5.56 Å². The lowest BCUT2D eigenvalue weighted by molar-refractivity contribution is -0.145. The number of esters is 2. The fraction of sp³-hybridized carbons (Fsp3) is 0.385. The zero-order chi connectivity index (χ0) is 16.1. The fourth-order valence-corrected chi connectivity index (χ4v) is 2.69. The molecule has 8 heteroatoms. The molecular formula is C13H17O7P.